The van der Waals surface area contributed by atoms with Crippen molar-refractivity contribution in [3.63, 3.8) is 0 Å². The number of halogens is 1. The molecule has 5 heteroatoms. The minimum atomic E-state index is 0.157. The van der Waals surface area contributed by atoms with Crippen LogP contribution in [0.15, 0.2) is 10.7 Å². The molecular weight excluding hydrogens is 320 g/mol. The van der Waals surface area contributed by atoms with Crippen LogP contribution in [0.2, 0.25) is 0 Å². The van der Waals surface area contributed by atoms with Crippen LogP contribution in [-0.2, 0) is 11.3 Å². The number of aromatic nitrogens is 2. The van der Waals surface area contributed by atoms with E-state index in [9.17, 15) is 4.79 Å². The van der Waals surface area contributed by atoms with Gasteiger partial charge in [-0.25, -0.2) is 0 Å². The third-order valence-electron chi connectivity index (χ3n) is 4.01. The molecule has 1 heterocycles. The third kappa shape index (κ3) is 3.92. The van der Waals surface area contributed by atoms with Crippen molar-refractivity contribution in [3.05, 3.63) is 16.4 Å². The Morgan fingerprint density at radius 2 is 2.00 bits per heavy atom. The van der Waals surface area contributed by atoms with E-state index in [4.69, 9.17) is 4.74 Å². The number of hydrogen-bond donors (Lipinski definition) is 0. The lowest BCUT2D eigenvalue weighted by atomic mass is 9.87. The van der Waals surface area contributed by atoms with E-state index in [-0.39, 0.29) is 11.7 Å². The Bertz CT molecular complexity index is 437. The van der Waals surface area contributed by atoms with Gasteiger partial charge in [0.05, 0.1) is 23.8 Å². The Kier molecular flexibility index (Phi) is 6.23. The van der Waals surface area contributed by atoms with Crippen LogP contribution in [0, 0.1) is 5.92 Å². The van der Waals surface area contributed by atoms with Crippen LogP contribution < -0.4 is 0 Å². The normalized spacial score (nSPS) is 17.7. The fraction of sp³-hybridized carbons (Fsp3) is 0.733. The molecule has 0 N–H and O–H groups in total. The number of carbonyl (C=O) groups is 1. The molecule has 20 heavy (non-hydrogen) atoms. The molecule has 1 aliphatic carbocycles. The van der Waals surface area contributed by atoms with E-state index >= 15 is 0 Å². The van der Waals surface area contributed by atoms with Gasteiger partial charge in [0.1, 0.15) is 5.69 Å². The summed E-state index contributed by atoms with van der Waals surface area (Å²) in [6, 6.07) is 0. The van der Waals surface area contributed by atoms with Gasteiger partial charge in [-0.2, -0.15) is 5.10 Å². The number of rotatable bonds is 5. The number of carbonyl (C=O) groups excluding carboxylic acids is 1. The van der Waals surface area contributed by atoms with Crippen LogP contribution in [0.1, 0.15) is 55.4 Å². The Labute approximate surface area is 129 Å². The monoisotopic (exact) mass is 342 g/mol. The van der Waals surface area contributed by atoms with Gasteiger partial charge in [0, 0.05) is 13.0 Å². The lowest BCUT2D eigenvalue weighted by Gasteiger charge is -2.19. The van der Waals surface area contributed by atoms with E-state index < -0.39 is 0 Å². The highest BCUT2D eigenvalue weighted by atomic mass is 79.9. The average molecular weight is 343 g/mol. The zero-order chi connectivity index (χ0) is 14.4. The Hall–Kier alpha value is -0.680. The van der Waals surface area contributed by atoms with Crippen LogP contribution in [0.25, 0.3) is 0 Å². The molecule has 1 fully saturated rings. The van der Waals surface area contributed by atoms with Crippen LogP contribution in [-0.4, -0.2) is 29.3 Å². The molecule has 0 bridgehead atoms. The summed E-state index contributed by atoms with van der Waals surface area (Å²) in [5, 5.41) is 4.28. The smallest absolute Gasteiger partial charge is 0.185 e. The fourth-order valence-corrected chi connectivity index (χ4v) is 3.36. The second-order valence-corrected chi connectivity index (χ2v) is 6.32. The van der Waals surface area contributed by atoms with Crippen molar-refractivity contribution in [1.82, 2.24) is 9.78 Å². The molecule has 0 aromatic carbocycles. The van der Waals surface area contributed by atoms with Crippen molar-refractivity contribution in [2.24, 2.45) is 5.92 Å². The molecule has 0 spiro atoms. The van der Waals surface area contributed by atoms with E-state index in [0.717, 1.165) is 17.3 Å². The molecule has 0 aliphatic heterocycles. The maximum absolute atomic E-state index is 12.8. The van der Waals surface area contributed by atoms with Gasteiger partial charge in [0.25, 0.3) is 0 Å². The molecule has 1 aromatic heterocycles. The lowest BCUT2D eigenvalue weighted by Crippen LogP contribution is -2.21. The summed E-state index contributed by atoms with van der Waals surface area (Å²) in [6.07, 6.45) is 9.91. The van der Waals surface area contributed by atoms with Crippen molar-refractivity contribution >= 4 is 21.7 Å². The minimum absolute atomic E-state index is 0.157. The number of nitrogens with zero attached hydrogens (tertiary/aromatic N) is 2. The van der Waals surface area contributed by atoms with E-state index in [1.165, 1.54) is 32.1 Å². The van der Waals surface area contributed by atoms with Crippen molar-refractivity contribution < 1.29 is 9.53 Å². The molecule has 0 atom stereocenters. The lowest BCUT2D eigenvalue weighted by molar-refractivity contribution is 0.0882. The first-order chi connectivity index (χ1) is 9.74. The van der Waals surface area contributed by atoms with Gasteiger partial charge in [-0.1, -0.05) is 32.1 Å². The Morgan fingerprint density at radius 1 is 1.35 bits per heavy atom. The van der Waals surface area contributed by atoms with Gasteiger partial charge in [-0.3, -0.25) is 9.48 Å². The van der Waals surface area contributed by atoms with Gasteiger partial charge in [-0.15, -0.1) is 0 Å². The van der Waals surface area contributed by atoms with E-state index in [1.54, 1.807) is 18.0 Å². The summed E-state index contributed by atoms with van der Waals surface area (Å²) in [4.78, 5) is 12.8. The highest BCUT2D eigenvalue weighted by Crippen LogP contribution is 2.28. The Balaban J connectivity index is 2.12. The second kappa shape index (κ2) is 7.93. The first-order valence-electron chi connectivity index (χ1n) is 7.48. The summed E-state index contributed by atoms with van der Waals surface area (Å²) >= 11 is 3.47. The number of methoxy groups -OCH3 is 1. The van der Waals surface area contributed by atoms with Gasteiger partial charge in [0.15, 0.2) is 5.78 Å². The summed E-state index contributed by atoms with van der Waals surface area (Å²) in [6.45, 7) is 1.19. The van der Waals surface area contributed by atoms with Gasteiger partial charge in [0.2, 0.25) is 0 Å². The first-order valence-corrected chi connectivity index (χ1v) is 8.27. The maximum atomic E-state index is 12.8. The SMILES string of the molecule is COCCn1ncc(Br)c1C(=O)C1CCCCCCC1. The maximum Gasteiger partial charge on any atom is 0.185 e. The van der Waals surface area contributed by atoms with Gasteiger partial charge >= 0.3 is 0 Å². The molecule has 1 aliphatic rings. The van der Waals surface area contributed by atoms with E-state index in [0.29, 0.717) is 18.8 Å². The van der Waals surface area contributed by atoms with Crippen molar-refractivity contribution in [2.75, 3.05) is 13.7 Å². The molecule has 2 rings (SSSR count). The molecule has 0 saturated heterocycles. The molecule has 0 unspecified atom stereocenters. The molecule has 1 aromatic rings. The zero-order valence-electron chi connectivity index (χ0n) is 12.1. The minimum Gasteiger partial charge on any atom is -0.383 e. The van der Waals surface area contributed by atoms with Gasteiger partial charge in [-0.05, 0) is 28.8 Å². The number of ether oxygens (including phenoxy) is 1. The van der Waals surface area contributed by atoms with Crippen molar-refractivity contribution in [2.45, 2.75) is 51.5 Å². The predicted molar refractivity (Wildman–Crippen MR) is 81.9 cm³/mol. The molecule has 1 saturated carbocycles. The molecule has 0 radical (unpaired) electrons. The number of ketones is 1. The predicted octanol–water partition coefficient (Wildman–Crippen LogP) is 3.84. The molecular formula is C15H23BrN2O2. The van der Waals surface area contributed by atoms with E-state index in [1.807, 2.05) is 0 Å². The summed E-state index contributed by atoms with van der Waals surface area (Å²) in [5.74, 6) is 0.400. The molecule has 112 valence electrons. The third-order valence-corrected chi connectivity index (χ3v) is 4.59. The topological polar surface area (TPSA) is 44.1 Å². The second-order valence-electron chi connectivity index (χ2n) is 5.46. The van der Waals surface area contributed by atoms with Gasteiger partial charge < -0.3 is 4.74 Å². The highest BCUT2D eigenvalue weighted by Gasteiger charge is 2.25. The van der Waals surface area contributed by atoms with Crippen LogP contribution in [0.3, 0.4) is 0 Å². The first kappa shape index (κ1) is 15.7. The van der Waals surface area contributed by atoms with Crippen molar-refractivity contribution in [3.8, 4) is 0 Å². The fourth-order valence-electron chi connectivity index (χ4n) is 2.87. The zero-order valence-corrected chi connectivity index (χ0v) is 13.7. The van der Waals surface area contributed by atoms with Crippen LogP contribution in [0.5, 0.6) is 0 Å². The molecule has 0 amide bonds. The van der Waals surface area contributed by atoms with Crippen LogP contribution in [0.4, 0.5) is 0 Å². The highest BCUT2D eigenvalue weighted by molar-refractivity contribution is 9.10. The molecule has 4 nitrogen and oxygen atoms in total. The summed E-state index contributed by atoms with van der Waals surface area (Å²) in [7, 11) is 1.66. The standard InChI is InChI=1S/C15H23BrN2O2/c1-20-10-9-18-14(13(16)11-17-18)15(19)12-7-5-3-2-4-6-8-12/h11-12H,2-10H2,1H3. The number of hydrogen-bond acceptors (Lipinski definition) is 3. The Morgan fingerprint density at radius 3 is 2.65 bits per heavy atom. The average Bonchev–Trinajstić information content (AvgIpc) is 2.76. The largest absolute Gasteiger partial charge is 0.383 e. The quantitative estimate of drug-likeness (QED) is 0.763. The summed E-state index contributed by atoms with van der Waals surface area (Å²) in [5.41, 5.74) is 0.715. The number of Topliss-reactive ketones (excluding diaryl/α,β-unsaturated/α-hetero) is 1. The van der Waals surface area contributed by atoms with Crippen molar-refractivity contribution in [1.29, 1.82) is 0 Å². The summed E-state index contributed by atoms with van der Waals surface area (Å²) < 4.78 is 7.66. The van der Waals surface area contributed by atoms with Crippen LogP contribution >= 0.6 is 15.9 Å². The van der Waals surface area contributed by atoms with E-state index in [2.05, 4.69) is 21.0 Å².